The zero-order chi connectivity index (χ0) is 12.8. The molecular weight excluding hydrogens is 216 g/mol. The molecule has 0 spiro atoms. The summed E-state index contributed by atoms with van der Waals surface area (Å²) in [5.41, 5.74) is 0. The molecule has 1 heterocycles. The summed E-state index contributed by atoms with van der Waals surface area (Å²) in [6.07, 6.45) is 2.61. The summed E-state index contributed by atoms with van der Waals surface area (Å²) >= 11 is 0. The molecule has 0 unspecified atom stereocenters. The number of ether oxygens (including phenoxy) is 1. The van der Waals surface area contributed by atoms with Crippen molar-refractivity contribution in [2.75, 3.05) is 30.9 Å². The van der Waals surface area contributed by atoms with E-state index in [2.05, 4.69) is 41.0 Å². The molecule has 96 valence electrons. The van der Waals surface area contributed by atoms with Gasteiger partial charge in [-0.2, -0.15) is 0 Å². The Hall–Kier alpha value is -1.52. The molecule has 1 N–H and O–H groups in total. The molecule has 17 heavy (non-hydrogen) atoms. The zero-order valence-electron chi connectivity index (χ0n) is 11.3. The number of hydrogen-bond donors (Lipinski definition) is 1. The first kappa shape index (κ1) is 13.5. The van der Waals surface area contributed by atoms with E-state index in [0.29, 0.717) is 11.8 Å². The van der Waals surface area contributed by atoms with Crippen LogP contribution < -0.4 is 15.0 Å². The summed E-state index contributed by atoms with van der Waals surface area (Å²) in [5.74, 6) is 2.28. The number of nitrogens with one attached hydrogen (secondary N) is 1. The minimum atomic E-state index is 0.359. The molecule has 0 bridgehead atoms. The monoisotopic (exact) mass is 238 g/mol. The maximum absolute atomic E-state index is 5.42. The fourth-order valence-corrected chi connectivity index (χ4v) is 1.42. The van der Waals surface area contributed by atoms with Gasteiger partial charge in [-0.15, -0.1) is 0 Å². The summed E-state index contributed by atoms with van der Waals surface area (Å²) < 4.78 is 5.42. The van der Waals surface area contributed by atoms with Crippen LogP contribution in [-0.4, -0.2) is 36.7 Å². The molecule has 0 saturated carbocycles. The number of hydrogen-bond acceptors (Lipinski definition) is 5. The van der Waals surface area contributed by atoms with Gasteiger partial charge in [0.25, 0.3) is 0 Å². The van der Waals surface area contributed by atoms with Gasteiger partial charge in [0.2, 0.25) is 5.75 Å². The summed E-state index contributed by atoms with van der Waals surface area (Å²) in [7, 11) is 3.65. The van der Waals surface area contributed by atoms with E-state index in [4.69, 9.17) is 4.74 Å². The van der Waals surface area contributed by atoms with Crippen molar-refractivity contribution >= 4 is 11.6 Å². The second-order valence-electron chi connectivity index (χ2n) is 4.21. The van der Waals surface area contributed by atoms with Crippen LogP contribution in [0.2, 0.25) is 0 Å². The first-order chi connectivity index (χ1) is 8.11. The topological polar surface area (TPSA) is 50.3 Å². The molecule has 5 heteroatoms. The highest BCUT2D eigenvalue weighted by molar-refractivity contribution is 5.64. The van der Waals surface area contributed by atoms with Gasteiger partial charge in [0.1, 0.15) is 6.33 Å². The summed E-state index contributed by atoms with van der Waals surface area (Å²) in [6.45, 7) is 7.21. The molecule has 0 aliphatic carbocycles. The molecule has 0 aromatic carbocycles. The molecule has 1 aromatic rings. The molecule has 0 aliphatic heterocycles. The van der Waals surface area contributed by atoms with E-state index >= 15 is 0 Å². The predicted molar refractivity (Wildman–Crippen MR) is 70.9 cm³/mol. The van der Waals surface area contributed by atoms with Crippen molar-refractivity contribution in [3.05, 3.63) is 6.33 Å². The molecule has 0 fully saturated rings. The lowest BCUT2D eigenvalue weighted by molar-refractivity contribution is 0.412. The van der Waals surface area contributed by atoms with E-state index in [9.17, 15) is 0 Å². The fraction of sp³-hybridized carbons (Fsp3) is 0.667. The number of aromatic nitrogens is 2. The Bertz CT molecular complexity index is 354. The second-order valence-corrected chi connectivity index (χ2v) is 4.21. The second kappa shape index (κ2) is 6.27. The Balaban J connectivity index is 3.04. The maximum Gasteiger partial charge on any atom is 0.204 e. The average molecular weight is 238 g/mol. The quantitative estimate of drug-likeness (QED) is 0.823. The Morgan fingerprint density at radius 3 is 2.65 bits per heavy atom. The van der Waals surface area contributed by atoms with Crippen molar-refractivity contribution in [3.8, 4) is 5.75 Å². The molecule has 0 radical (unpaired) electrons. The normalized spacial score (nSPS) is 10.5. The van der Waals surface area contributed by atoms with Crippen LogP contribution in [0.15, 0.2) is 6.33 Å². The standard InChI is InChI=1S/C12H22N4O/c1-6-7-13-11-10(17-5)12(15-8-14-11)16(4)9(2)3/h8-9H,6-7H2,1-5H3,(H,13,14,15). The number of rotatable bonds is 6. The molecule has 5 nitrogen and oxygen atoms in total. The Kier molecular flexibility index (Phi) is 5.00. The highest BCUT2D eigenvalue weighted by atomic mass is 16.5. The minimum Gasteiger partial charge on any atom is -0.490 e. The fourth-order valence-electron chi connectivity index (χ4n) is 1.42. The molecule has 0 amide bonds. The van der Waals surface area contributed by atoms with Crippen molar-refractivity contribution in [3.63, 3.8) is 0 Å². The minimum absolute atomic E-state index is 0.359. The number of nitrogens with zero attached hydrogens (tertiary/aromatic N) is 3. The first-order valence-electron chi connectivity index (χ1n) is 5.97. The van der Waals surface area contributed by atoms with Gasteiger partial charge in [-0.1, -0.05) is 6.92 Å². The lowest BCUT2D eigenvalue weighted by Crippen LogP contribution is -2.27. The Morgan fingerprint density at radius 2 is 2.12 bits per heavy atom. The van der Waals surface area contributed by atoms with E-state index in [-0.39, 0.29) is 0 Å². The first-order valence-corrected chi connectivity index (χ1v) is 5.97. The van der Waals surface area contributed by atoms with Crippen LogP contribution in [0.5, 0.6) is 5.75 Å². The third-order valence-electron chi connectivity index (χ3n) is 2.64. The molecule has 1 rings (SSSR count). The van der Waals surface area contributed by atoms with Crippen LogP contribution in [0.25, 0.3) is 0 Å². The van der Waals surface area contributed by atoms with Crippen LogP contribution in [0.1, 0.15) is 27.2 Å². The Morgan fingerprint density at radius 1 is 1.41 bits per heavy atom. The van der Waals surface area contributed by atoms with Gasteiger partial charge in [0, 0.05) is 19.6 Å². The zero-order valence-corrected chi connectivity index (χ0v) is 11.3. The lowest BCUT2D eigenvalue weighted by atomic mass is 10.3. The molecule has 1 aromatic heterocycles. The van der Waals surface area contributed by atoms with Crippen LogP contribution in [-0.2, 0) is 0 Å². The van der Waals surface area contributed by atoms with Crippen LogP contribution >= 0.6 is 0 Å². The average Bonchev–Trinajstić information content (AvgIpc) is 2.34. The third kappa shape index (κ3) is 3.22. The van der Waals surface area contributed by atoms with E-state index in [1.54, 1.807) is 13.4 Å². The van der Waals surface area contributed by atoms with Crippen molar-refractivity contribution in [2.45, 2.75) is 33.2 Å². The largest absolute Gasteiger partial charge is 0.490 e. The highest BCUT2D eigenvalue weighted by Gasteiger charge is 2.16. The molecular formula is C12H22N4O. The molecule has 0 atom stereocenters. The summed E-state index contributed by atoms with van der Waals surface area (Å²) in [4.78, 5) is 10.6. The smallest absolute Gasteiger partial charge is 0.204 e. The van der Waals surface area contributed by atoms with Gasteiger partial charge in [0.15, 0.2) is 11.6 Å². The van der Waals surface area contributed by atoms with Gasteiger partial charge < -0.3 is 15.0 Å². The SMILES string of the molecule is CCCNc1ncnc(N(C)C(C)C)c1OC. The number of anilines is 2. The van der Waals surface area contributed by atoms with Crippen molar-refractivity contribution in [2.24, 2.45) is 0 Å². The van der Waals surface area contributed by atoms with E-state index in [1.807, 2.05) is 7.05 Å². The Labute approximate surface area is 103 Å². The highest BCUT2D eigenvalue weighted by Crippen LogP contribution is 2.31. The van der Waals surface area contributed by atoms with Crippen molar-refractivity contribution in [1.82, 2.24) is 9.97 Å². The van der Waals surface area contributed by atoms with Gasteiger partial charge in [-0.25, -0.2) is 9.97 Å². The van der Waals surface area contributed by atoms with Crippen molar-refractivity contribution in [1.29, 1.82) is 0 Å². The van der Waals surface area contributed by atoms with Gasteiger partial charge in [0.05, 0.1) is 7.11 Å². The van der Waals surface area contributed by atoms with E-state index < -0.39 is 0 Å². The van der Waals surface area contributed by atoms with Crippen molar-refractivity contribution < 1.29 is 4.74 Å². The summed E-state index contributed by atoms with van der Waals surface area (Å²) in [6, 6.07) is 0.359. The van der Waals surface area contributed by atoms with Gasteiger partial charge >= 0.3 is 0 Å². The van der Waals surface area contributed by atoms with E-state index in [0.717, 1.165) is 24.6 Å². The summed E-state index contributed by atoms with van der Waals surface area (Å²) in [5, 5.41) is 3.25. The van der Waals surface area contributed by atoms with Crippen LogP contribution in [0, 0.1) is 0 Å². The number of methoxy groups -OCH3 is 1. The van der Waals surface area contributed by atoms with Crippen LogP contribution in [0.3, 0.4) is 0 Å². The molecule has 0 aliphatic rings. The third-order valence-corrected chi connectivity index (χ3v) is 2.64. The lowest BCUT2D eigenvalue weighted by Gasteiger charge is -2.25. The van der Waals surface area contributed by atoms with Gasteiger partial charge in [-0.05, 0) is 20.3 Å². The van der Waals surface area contributed by atoms with Gasteiger partial charge in [-0.3, -0.25) is 0 Å². The van der Waals surface area contributed by atoms with E-state index in [1.165, 1.54) is 0 Å². The predicted octanol–water partition coefficient (Wildman–Crippen LogP) is 2.15. The van der Waals surface area contributed by atoms with Crippen LogP contribution in [0.4, 0.5) is 11.6 Å². The maximum atomic E-state index is 5.42. The molecule has 0 saturated heterocycles.